The molecule has 1 amide bonds. The minimum absolute atomic E-state index is 0.0219. The standard InChI is InChI=1S/C13H14N4O3/c1-8(9(2)13(19)20)12(18)14-7-11-16-15-10-5-3-4-6-17(10)11/h3-6H,7H2,1-2H3,(H,14,18)(H,19,20). The number of carbonyl (C=O) groups excluding carboxylic acids is 1. The van der Waals surface area contributed by atoms with Crippen LogP contribution in [0.15, 0.2) is 35.5 Å². The first kappa shape index (κ1) is 13.7. The molecule has 7 nitrogen and oxygen atoms in total. The minimum Gasteiger partial charge on any atom is -0.478 e. The van der Waals surface area contributed by atoms with Gasteiger partial charge in [-0.1, -0.05) is 6.07 Å². The number of nitrogens with zero attached hydrogens (tertiary/aromatic N) is 3. The Morgan fingerprint density at radius 1 is 1.25 bits per heavy atom. The van der Waals surface area contributed by atoms with Gasteiger partial charge in [-0.2, -0.15) is 0 Å². The van der Waals surface area contributed by atoms with Crippen molar-refractivity contribution in [1.82, 2.24) is 19.9 Å². The van der Waals surface area contributed by atoms with Crippen LogP contribution in [0, 0.1) is 0 Å². The number of hydrogen-bond acceptors (Lipinski definition) is 4. The molecule has 0 aliphatic rings. The SMILES string of the molecule is CC(C(=O)O)=C(C)C(=O)NCc1nnc2ccccn12. The summed E-state index contributed by atoms with van der Waals surface area (Å²) in [6.45, 7) is 3.04. The largest absolute Gasteiger partial charge is 0.478 e. The van der Waals surface area contributed by atoms with E-state index in [0.717, 1.165) is 0 Å². The van der Waals surface area contributed by atoms with Crippen LogP contribution in [0.1, 0.15) is 19.7 Å². The number of pyridine rings is 1. The van der Waals surface area contributed by atoms with Crippen LogP contribution in [0.4, 0.5) is 0 Å². The first-order chi connectivity index (χ1) is 9.50. The second-order valence-electron chi connectivity index (χ2n) is 4.28. The highest BCUT2D eigenvalue weighted by molar-refractivity contribution is 6.01. The number of carbonyl (C=O) groups is 2. The van der Waals surface area contributed by atoms with Crippen LogP contribution < -0.4 is 5.32 Å². The highest BCUT2D eigenvalue weighted by Crippen LogP contribution is 2.05. The molecule has 0 saturated carbocycles. The summed E-state index contributed by atoms with van der Waals surface area (Å²) >= 11 is 0. The zero-order valence-corrected chi connectivity index (χ0v) is 11.1. The van der Waals surface area contributed by atoms with Crippen LogP contribution in [-0.2, 0) is 16.1 Å². The van der Waals surface area contributed by atoms with Crippen molar-refractivity contribution in [2.24, 2.45) is 0 Å². The molecule has 0 saturated heterocycles. The summed E-state index contributed by atoms with van der Waals surface area (Å²) in [4.78, 5) is 22.6. The molecule has 0 bridgehead atoms. The molecular formula is C13H14N4O3. The van der Waals surface area contributed by atoms with Gasteiger partial charge in [-0.15, -0.1) is 10.2 Å². The van der Waals surface area contributed by atoms with Gasteiger partial charge in [-0.25, -0.2) is 4.79 Å². The van der Waals surface area contributed by atoms with Gasteiger partial charge >= 0.3 is 5.97 Å². The summed E-state index contributed by atoms with van der Waals surface area (Å²) in [5.41, 5.74) is 0.880. The molecule has 20 heavy (non-hydrogen) atoms. The molecule has 0 atom stereocenters. The van der Waals surface area contributed by atoms with Gasteiger partial charge in [0.2, 0.25) is 5.91 Å². The maximum absolute atomic E-state index is 11.8. The Morgan fingerprint density at radius 2 is 2.00 bits per heavy atom. The zero-order chi connectivity index (χ0) is 14.7. The van der Waals surface area contributed by atoms with Crippen molar-refractivity contribution in [2.45, 2.75) is 20.4 Å². The summed E-state index contributed by atoms with van der Waals surface area (Å²) in [5, 5.41) is 19.4. The molecule has 0 aliphatic heterocycles. The van der Waals surface area contributed by atoms with Gasteiger partial charge < -0.3 is 10.4 Å². The third-order valence-corrected chi connectivity index (χ3v) is 3.02. The smallest absolute Gasteiger partial charge is 0.331 e. The van der Waals surface area contributed by atoms with Gasteiger partial charge in [-0.3, -0.25) is 9.20 Å². The fourth-order valence-corrected chi connectivity index (χ4v) is 1.63. The number of aliphatic carboxylic acids is 1. The van der Waals surface area contributed by atoms with E-state index < -0.39 is 11.9 Å². The molecule has 0 unspecified atom stereocenters. The van der Waals surface area contributed by atoms with E-state index in [1.54, 1.807) is 16.7 Å². The average Bonchev–Trinajstić information content (AvgIpc) is 2.86. The average molecular weight is 274 g/mol. The lowest BCUT2D eigenvalue weighted by molar-refractivity contribution is -0.133. The molecule has 0 aliphatic carbocycles. The summed E-state index contributed by atoms with van der Waals surface area (Å²) in [6.07, 6.45) is 1.79. The normalized spacial score (nSPS) is 12.1. The number of carboxylic acid groups (broad SMARTS) is 1. The number of hydrogen-bond donors (Lipinski definition) is 2. The van der Waals surface area contributed by atoms with Gasteiger partial charge in [0.15, 0.2) is 11.5 Å². The van der Waals surface area contributed by atoms with Crippen molar-refractivity contribution in [2.75, 3.05) is 0 Å². The Labute approximate surface area is 114 Å². The van der Waals surface area contributed by atoms with Gasteiger partial charge in [0.05, 0.1) is 6.54 Å². The minimum atomic E-state index is -1.11. The predicted molar refractivity (Wildman–Crippen MR) is 70.8 cm³/mol. The monoisotopic (exact) mass is 274 g/mol. The van der Waals surface area contributed by atoms with E-state index >= 15 is 0 Å². The molecular weight excluding hydrogens is 260 g/mol. The van der Waals surface area contributed by atoms with E-state index in [0.29, 0.717) is 11.5 Å². The summed E-state index contributed by atoms with van der Waals surface area (Å²) in [5.74, 6) is -0.960. The third kappa shape index (κ3) is 2.66. The summed E-state index contributed by atoms with van der Waals surface area (Å²) < 4.78 is 1.75. The molecule has 0 fully saturated rings. The lowest BCUT2D eigenvalue weighted by Gasteiger charge is -2.06. The van der Waals surface area contributed by atoms with Crippen LogP contribution in [-0.4, -0.2) is 31.6 Å². The van der Waals surface area contributed by atoms with Gasteiger partial charge in [0.1, 0.15) is 0 Å². The number of aromatic nitrogens is 3. The molecule has 0 radical (unpaired) electrons. The summed E-state index contributed by atoms with van der Waals surface area (Å²) in [7, 11) is 0. The quantitative estimate of drug-likeness (QED) is 0.802. The topological polar surface area (TPSA) is 96.6 Å². The van der Waals surface area contributed by atoms with E-state index in [9.17, 15) is 9.59 Å². The maximum Gasteiger partial charge on any atom is 0.331 e. The first-order valence-corrected chi connectivity index (χ1v) is 5.98. The predicted octanol–water partition coefficient (Wildman–Crippen LogP) is 0.766. The number of amides is 1. The van der Waals surface area contributed by atoms with Crippen molar-refractivity contribution in [3.8, 4) is 0 Å². The van der Waals surface area contributed by atoms with E-state index in [2.05, 4.69) is 15.5 Å². The Bertz CT molecular complexity index is 702. The van der Waals surface area contributed by atoms with Crippen LogP contribution in [0.2, 0.25) is 0 Å². The fraction of sp³-hybridized carbons (Fsp3) is 0.231. The molecule has 2 rings (SSSR count). The molecule has 2 aromatic heterocycles. The number of carboxylic acids is 1. The first-order valence-electron chi connectivity index (χ1n) is 5.98. The number of fused-ring (bicyclic) bond motifs is 1. The van der Waals surface area contributed by atoms with Crippen LogP contribution in [0.5, 0.6) is 0 Å². The molecule has 2 heterocycles. The molecule has 0 spiro atoms. The molecule has 7 heteroatoms. The Balaban J connectivity index is 2.11. The van der Waals surface area contributed by atoms with Crippen LogP contribution in [0.25, 0.3) is 5.65 Å². The van der Waals surface area contributed by atoms with E-state index in [1.165, 1.54) is 13.8 Å². The molecule has 0 aromatic carbocycles. The second kappa shape index (κ2) is 5.52. The Kier molecular flexibility index (Phi) is 3.79. The maximum atomic E-state index is 11.8. The lowest BCUT2D eigenvalue weighted by atomic mass is 10.1. The summed E-state index contributed by atoms with van der Waals surface area (Å²) in [6, 6.07) is 5.48. The van der Waals surface area contributed by atoms with Crippen molar-refractivity contribution in [3.63, 3.8) is 0 Å². The van der Waals surface area contributed by atoms with Gasteiger partial charge in [0, 0.05) is 17.3 Å². The molecule has 104 valence electrons. The highest BCUT2D eigenvalue weighted by Gasteiger charge is 2.13. The number of rotatable bonds is 4. The number of nitrogens with one attached hydrogen (secondary N) is 1. The lowest BCUT2D eigenvalue weighted by Crippen LogP contribution is -2.26. The van der Waals surface area contributed by atoms with Crippen molar-refractivity contribution in [3.05, 3.63) is 41.4 Å². The Morgan fingerprint density at radius 3 is 2.70 bits per heavy atom. The zero-order valence-electron chi connectivity index (χ0n) is 11.1. The second-order valence-corrected chi connectivity index (χ2v) is 4.28. The van der Waals surface area contributed by atoms with E-state index in [-0.39, 0.29) is 17.7 Å². The third-order valence-electron chi connectivity index (χ3n) is 3.02. The van der Waals surface area contributed by atoms with Gasteiger partial charge in [-0.05, 0) is 26.0 Å². The van der Waals surface area contributed by atoms with Crippen molar-refractivity contribution >= 4 is 17.5 Å². The molecule has 2 N–H and O–H groups in total. The Hall–Kier alpha value is -2.70. The van der Waals surface area contributed by atoms with Gasteiger partial charge in [0.25, 0.3) is 0 Å². The van der Waals surface area contributed by atoms with E-state index in [1.807, 2.05) is 12.1 Å². The fourth-order valence-electron chi connectivity index (χ4n) is 1.63. The van der Waals surface area contributed by atoms with Crippen molar-refractivity contribution in [1.29, 1.82) is 0 Å². The molecule has 2 aromatic rings. The highest BCUT2D eigenvalue weighted by atomic mass is 16.4. The van der Waals surface area contributed by atoms with Crippen molar-refractivity contribution < 1.29 is 14.7 Å². The van der Waals surface area contributed by atoms with Crippen LogP contribution >= 0.6 is 0 Å². The van der Waals surface area contributed by atoms with E-state index in [4.69, 9.17) is 5.11 Å². The van der Waals surface area contributed by atoms with Crippen LogP contribution in [0.3, 0.4) is 0 Å².